The second kappa shape index (κ2) is 6.22. The van der Waals surface area contributed by atoms with E-state index in [0.29, 0.717) is 11.3 Å². The molecular weight excluding hydrogens is 418 g/mol. The summed E-state index contributed by atoms with van der Waals surface area (Å²) in [5.74, 6) is -1.14. The summed E-state index contributed by atoms with van der Waals surface area (Å²) in [7, 11) is 0. The van der Waals surface area contributed by atoms with Crippen LogP contribution in [0, 0.1) is 0 Å². The molecule has 0 aromatic heterocycles. The van der Waals surface area contributed by atoms with E-state index in [4.69, 9.17) is 5.73 Å². The van der Waals surface area contributed by atoms with Crippen molar-refractivity contribution in [2.75, 3.05) is 4.90 Å². The molecule has 0 saturated carbocycles. The molecule has 0 bridgehead atoms. The predicted octanol–water partition coefficient (Wildman–Crippen LogP) is 2.14. The van der Waals surface area contributed by atoms with Gasteiger partial charge in [-0.2, -0.15) is 4.99 Å². The quantitative estimate of drug-likeness (QED) is 0.775. The number of anilines is 1. The Morgan fingerprint density at radius 1 is 1.19 bits per heavy atom. The maximum absolute atomic E-state index is 13.2. The number of carbonyl (C=O) groups excluding carboxylic acids is 2. The summed E-state index contributed by atoms with van der Waals surface area (Å²) in [6.07, 6.45) is 0. The Morgan fingerprint density at radius 3 is 2.54 bits per heavy atom. The first-order valence-corrected chi connectivity index (χ1v) is 9.51. The number of nitrogens with two attached hydrogens (primary N) is 1. The minimum absolute atomic E-state index is 0.0602. The van der Waals surface area contributed by atoms with Crippen LogP contribution >= 0.6 is 27.7 Å². The van der Waals surface area contributed by atoms with Crippen LogP contribution in [0.15, 0.2) is 58.0 Å². The highest BCUT2D eigenvalue weighted by Crippen LogP contribution is 2.47. The third-order valence-corrected chi connectivity index (χ3v) is 6.13. The van der Waals surface area contributed by atoms with Crippen LogP contribution in [0.4, 0.5) is 5.69 Å². The van der Waals surface area contributed by atoms with Gasteiger partial charge in [-0.25, -0.2) is 0 Å². The molecular formula is C18H14BrN3O3S. The zero-order valence-corrected chi connectivity index (χ0v) is 15.8. The lowest BCUT2D eigenvalue weighted by Crippen LogP contribution is -2.49. The normalized spacial score (nSPS) is 24.8. The predicted molar refractivity (Wildman–Crippen MR) is 104 cm³/mol. The summed E-state index contributed by atoms with van der Waals surface area (Å²) in [6, 6.07) is 14.5. The number of thioether (sulfide) groups is 1. The third-order valence-electron chi connectivity index (χ3n) is 4.49. The van der Waals surface area contributed by atoms with Gasteiger partial charge in [0.25, 0.3) is 11.8 Å². The molecule has 132 valence electrons. The molecule has 2 atom stereocenters. The Bertz CT molecular complexity index is 947. The molecule has 0 saturated heterocycles. The smallest absolute Gasteiger partial charge is 0.265 e. The van der Waals surface area contributed by atoms with Crippen molar-refractivity contribution in [3.8, 4) is 0 Å². The number of amidine groups is 1. The van der Waals surface area contributed by atoms with Gasteiger partial charge in [-0.1, -0.05) is 58.0 Å². The molecule has 2 unspecified atom stereocenters. The Labute approximate surface area is 162 Å². The van der Waals surface area contributed by atoms with Crippen LogP contribution in [-0.2, 0) is 21.7 Å². The minimum atomic E-state index is -1.99. The summed E-state index contributed by atoms with van der Waals surface area (Å²) >= 11 is 4.31. The topological polar surface area (TPSA) is 96.0 Å². The SMILES string of the molecule is NC1=NC(=O)C(C2(O)C(=O)N(Cc3ccc(Br)cc3)c3ccccc32)S1. The zero-order valence-electron chi connectivity index (χ0n) is 13.4. The van der Waals surface area contributed by atoms with Gasteiger partial charge in [0, 0.05) is 10.0 Å². The number of aliphatic imine (C=N–C) groups is 1. The van der Waals surface area contributed by atoms with E-state index >= 15 is 0 Å². The fourth-order valence-electron chi connectivity index (χ4n) is 3.27. The maximum atomic E-state index is 13.2. The van der Waals surface area contributed by atoms with E-state index in [1.807, 2.05) is 24.3 Å². The van der Waals surface area contributed by atoms with Crippen molar-refractivity contribution >= 4 is 50.4 Å². The van der Waals surface area contributed by atoms with Gasteiger partial charge in [-0.05, 0) is 23.8 Å². The fourth-order valence-corrected chi connectivity index (χ4v) is 4.47. The summed E-state index contributed by atoms with van der Waals surface area (Å²) < 4.78 is 0.937. The molecule has 0 fully saturated rings. The Hall–Kier alpha value is -2.16. The van der Waals surface area contributed by atoms with E-state index in [0.717, 1.165) is 21.8 Å². The molecule has 2 amide bonds. The molecule has 26 heavy (non-hydrogen) atoms. The number of amides is 2. The van der Waals surface area contributed by atoms with Crippen LogP contribution in [0.5, 0.6) is 0 Å². The molecule has 2 aliphatic rings. The van der Waals surface area contributed by atoms with Crippen LogP contribution in [0.2, 0.25) is 0 Å². The summed E-state index contributed by atoms with van der Waals surface area (Å²) in [6.45, 7) is 0.285. The second-order valence-electron chi connectivity index (χ2n) is 6.09. The molecule has 0 spiro atoms. The average molecular weight is 432 g/mol. The highest BCUT2D eigenvalue weighted by Gasteiger charge is 2.59. The third kappa shape index (κ3) is 2.56. The highest BCUT2D eigenvalue weighted by atomic mass is 79.9. The van der Waals surface area contributed by atoms with Gasteiger partial charge in [0.2, 0.25) is 0 Å². The number of halogens is 1. The van der Waals surface area contributed by atoms with Gasteiger partial charge in [0.1, 0.15) is 5.25 Å². The first-order chi connectivity index (χ1) is 12.4. The maximum Gasteiger partial charge on any atom is 0.265 e. The van der Waals surface area contributed by atoms with Crippen molar-refractivity contribution in [1.82, 2.24) is 0 Å². The van der Waals surface area contributed by atoms with Gasteiger partial charge in [-0.3, -0.25) is 9.59 Å². The molecule has 8 heteroatoms. The highest BCUT2D eigenvalue weighted by molar-refractivity contribution is 9.10. The van der Waals surface area contributed by atoms with Gasteiger partial charge in [-0.15, -0.1) is 0 Å². The standard InChI is InChI=1S/C18H14BrN3O3S/c19-11-7-5-10(6-8-11)9-22-13-4-2-1-3-12(13)18(25,16(22)24)14-15(23)21-17(20)26-14/h1-8,14,25H,9H2,(H2,20,21,23). The Balaban J connectivity index is 1.75. The molecule has 0 radical (unpaired) electrons. The number of para-hydroxylation sites is 1. The lowest BCUT2D eigenvalue weighted by molar-refractivity contribution is -0.140. The van der Waals surface area contributed by atoms with Crippen molar-refractivity contribution in [3.05, 3.63) is 64.1 Å². The van der Waals surface area contributed by atoms with Crippen LogP contribution in [0.1, 0.15) is 11.1 Å². The van der Waals surface area contributed by atoms with E-state index in [1.165, 1.54) is 4.90 Å². The molecule has 3 N–H and O–H groups in total. The average Bonchev–Trinajstić information content (AvgIpc) is 3.08. The minimum Gasteiger partial charge on any atom is -0.378 e. The molecule has 6 nitrogen and oxygen atoms in total. The molecule has 4 rings (SSSR count). The first kappa shape index (κ1) is 17.3. The van der Waals surface area contributed by atoms with Crippen molar-refractivity contribution in [1.29, 1.82) is 0 Å². The second-order valence-corrected chi connectivity index (χ2v) is 8.13. The molecule has 2 heterocycles. The number of benzene rings is 2. The van der Waals surface area contributed by atoms with Gasteiger partial charge >= 0.3 is 0 Å². The van der Waals surface area contributed by atoms with Crippen molar-refractivity contribution in [2.45, 2.75) is 17.4 Å². The van der Waals surface area contributed by atoms with Gasteiger partial charge < -0.3 is 15.7 Å². The van der Waals surface area contributed by atoms with E-state index in [2.05, 4.69) is 20.9 Å². The number of fused-ring (bicyclic) bond motifs is 1. The lowest BCUT2D eigenvalue weighted by atomic mass is 9.91. The van der Waals surface area contributed by atoms with E-state index in [9.17, 15) is 14.7 Å². The summed E-state index contributed by atoms with van der Waals surface area (Å²) in [5, 5.41) is 10.3. The first-order valence-electron chi connectivity index (χ1n) is 7.84. The van der Waals surface area contributed by atoms with Crippen LogP contribution in [-0.4, -0.2) is 27.3 Å². The number of aliphatic hydroxyl groups is 1. The van der Waals surface area contributed by atoms with Crippen molar-refractivity contribution in [2.24, 2.45) is 10.7 Å². The van der Waals surface area contributed by atoms with E-state index in [1.54, 1.807) is 24.3 Å². The van der Waals surface area contributed by atoms with Crippen LogP contribution < -0.4 is 10.6 Å². The number of hydrogen-bond donors (Lipinski definition) is 2. The van der Waals surface area contributed by atoms with Crippen LogP contribution in [0.25, 0.3) is 0 Å². The number of nitrogens with zero attached hydrogens (tertiary/aromatic N) is 2. The van der Waals surface area contributed by atoms with Gasteiger partial charge in [0.05, 0.1) is 12.2 Å². The molecule has 2 aliphatic heterocycles. The Morgan fingerprint density at radius 2 is 1.88 bits per heavy atom. The van der Waals surface area contributed by atoms with Crippen LogP contribution in [0.3, 0.4) is 0 Å². The molecule has 2 aromatic rings. The van der Waals surface area contributed by atoms with Crippen molar-refractivity contribution in [3.63, 3.8) is 0 Å². The number of carbonyl (C=O) groups is 2. The number of hydrogen-bond acceptors (Lipinski definition) is 5. The summed E-state index contributed by atoms with van der Waals surface area (Å²) in [4.78, 5) is 30.6. The summed E-state index contributed by atoms with van der Waals surface area (Å²) in [5.41, 5.74) is 5.53. The molecule has 2 aromatic carbocycles. The van der Waals surface area contributed by atoms with Gasteiger partial charge in [0.15, 0.2) is 10.8 Å². The Kier molecular flexibility index (Phi) is 4.13. The van der Waals surface area contributed by atoms with Crippen molar-refractivity contribution < 1.29 is 14.7 Å². The number of rotatable bonds is 3. The fraction of sp³-hybridized carbons (Fsp3) is 0.167. The molecule has 0 aliphatic carbocycles. The van der Waals surface area contributed by atoms with E-state index in [-0.39, 0.29) is 11.7 Å². The monoisotopic (exact) mass is 431 g/mol. The lowest BCUT2D eigenvalue weighted by Gasteiger charge is -2.26. The zero-order chi connectivity index (χ0) is 18.5. The largest absolute Gasteiger partial charge is 0.378 e. The van der Waals surface area contributed by atoms with E-state index < -0.39 is 22.7 Å².